The van der Waals surface area contributed by atoms with Crippen molar-refractivity contribution in [2.75, 3.05) is 13.2 Å². The predicted molar refractivity (Wildman–Crippen MR) is 262 cm³/mol. The monoisotopic (exact) mass is 1030 g/mol. The summed E-state index contributed by atoms with van der Waals surface area (Å²) in [5, 5.41) is 61.8. The van der Waals surface area contributed by atoms with Crippen molar-refractivity contribution in [2.45, 2.75) is 249 Å². The maximum atomic E-state index is 13.0. The number of aliphatic hydroxyl groups excluding tert-OH is 6. The van der Waals surface area contributed by atoms with Gasteiger partial charge in [0.05, 0.1) is 18.8 Å². The first-order valence-electron chi connectivity index (χ1n) is 25.7. The first kappa shape index (κ1) is 65.2. The van der Waals surface area contributed by atoms with Gasteiger partial charge in [0.15, 0.2) is 6.10 Å². The summed E-state index contributed by atoms with van der Waals surface area (Å²) >= 11 is 0. The second-order valence-corrected chi connectivity index (χ2v) is 20.8. The molecule has 0 aromatic rings. The van der Waals surface area contributed by atoms with Crippen molar-refractivity contribution >= 4 is 27.6 Å². The van der Waals surface area contributed by atoms with Gasteiger partial charge >= 0.3 is 27.6 Å². The van der Waals surface area contributed by atoms with Crippen LogP contribution in [0, 0.1) is 0 Å². The molecule has 1 saturated carbocycles. The van der Waals surface area contributed by atoms with Gasteiger partial charge in [-0.25, -0.2) is 9.13 Å². The zero-order valence-corrected chi connectivity index (χ0v) is 43.3. The van der Waals surface area contributed by atoms with Crippen LogP contribution >= 0.6 is 15.6 Å². The normalized spacial score (nSPS) is 22.3. The van der Waals surface area contributed by atoms with Gasteiger partial charge in [0.2, 0.25) is 0 Å². The summed E-state index contributed by atoms with van der Waals surface area (Å²) in [7, 11) is -10.7. The molecule has 0 heterocycles. The lowest BCUT2D eigenvalue weighted by atomic mass is 9.85. The second-order valence-electron chi connectivity index (χ2n) is 18.2. The van der Waals surface area contributed by atoms with E-state index in [4.69, 9.17) is 18.5 Å². The van der Waals surface area contributed by atoms with Crippen LogP contribution in [0.5, 0.6) is 0 Å². The third-order valence-electron chi connectivity index (χ3n) is 11.9. The molecule has 0 aromatic carbocycles. The lowest BCUT2D eigenvalue weighted by Gasteiger charge is -2.43. The molecule has 5 unspecified atom stereocenters. The maximum Gasteiger partial charge on any atom is 0.472 e. The number of rotatable bonds is 43. The van der Waals surface area contributed by atoms with E-state index in [1.807, 2.05) is 12.2 Å². The van der Waals surface area contributed by atoms with Crippen molar-refractivity contribution < 1.29 is 87.1 Å². The van der Waals surface area contributed by atoms with E-state index in [9.17, 15) is 64.0 Å². The fourth-order valence-corrected chi connectivity index (χ4v) is 9.27. The number of phosphoric ester groups is 2. The highest BCUT2D eigenvalue weighted by atomic mass is 31.2. The number of hydrogen-bond donors (Lipinski definition) is 9. The van der Waals surface area contributed by atoms with Crippen LogP contribution in [0.2, 0.25) is 0 Å². The molecular weight excluding hydrogens is 938 g/mol. The van der Waals surface area contributed by atoms with Gasteiger partial charge in [0.1, 0.15) is 43.2 Å². The van der Waals surface area contributed by atoms with Crippen LogP contribution in [0.15, 0.2) is 36.5 Å². The summed E-state index contributed by atoms with van der Waals surface area (Å²) in [6.45, 7) is 2.91. The summed E-state index contributed by atoms with van der Waals surface area (Å²) in [6.07, 6.45) is 20.9. The Bertz CT molecular complexity index is 1510. The second kappa shape index (κ2) is 39.6. The van der Waals surface area contributed by atoms with Gasteiger partial charge in [0, 0.05) is 12.8 Å². The lowest BCUT2D eigenvalue weighted by Crippen LogP contribution is -2.64. The maximum absolute atomic E-state index is 13.0. The molecule has 69 heavy (non-hydrogen) atoms. The summed E-state index contributed by atoms with van der Waals surface area (Å²) in [4.78, 5) is 54.4. The first-order chi connectivity index (χ1) is 32.9. The number of allylic oxidation sites excluding steroid dienone is 5. The number of ether oxygens (including phenoxy) is 2. The van der Waals surface area contributed by atoms with E-state index in [0.717, 1.165) is 89.9 Å². The number of hydrogen-bond acceptors (Lipinski definition) is 15. The average Bonchev–Trinajstić information content (AvgIpc) is 3.30. The smallest absolute Gasteiger partial charge is 0.462 e. The molecule has 10 atom stereocenters. The zero-order valence-electron chi connectivity index (χ0n) is 41.5. The van der Waals surface area contributed by atoms with E-state index in [0.29, 0.717) is 38.5 Å². The van der Waals surface area contributed by atoms with E-state index < -0.39 is 95.7 Å². The molecule has 0 aromatic heterocycles. The predicted octanol–water partition coefficient (Wildman–Crippen LogP) is 8.23. The SMILES string of the molecule is CCCCC/C=C\C/C=C\CCCCCCCCCCCC(=O)OC[C@H](COP(=O)(O)O[C@H]1C(O)C(O)C(O)[C@@H](OP(=O)(O)O)C1O)OC(=O)CCCCCCC[C@H](O)[C@@H](O)C/C=C\CCCCC. The van der Waals surface area contributed by atoms with Crippen molar-refractivity contribution in [3.05, 3.63) is 36.5 Å². The molecule has 1 rings (SSSR count). The molecule has 0 aliphatic heterocycles. The van der Waals surface area contributed by atoms with E-state index in [2.05, 4.69) is 42.7 Å². The number of aliphatic hydroxyl groups is 6. The molecule has 18 nitrogen and oxygen atoms in total. The highest BCUT2D eigenvalue weighted by molar-refractivity contribution is 7.47. The number of phosphoric acid groups is 2. The molecule has 0 saturated heterocycles. The highest BCUT2D eigenvalue weighted by Gasteiger charge is 2.54. The fraction of sp³-hybridized carbons (Fsp3) is 0.837. The number of carbonyl (C=O) groups is 2. The minimum absolute atomic E-state index is 0.0556. The lowest BCUT2D eigenvalue weighted by molar-refractivity contribution is -0.216. The fourth-order valence-electron chi connectivity index (χ4n) is 7.73. The largest absolute Gasteiger partial charge is 0.472 e. The Labute approximate surface area is 411 Å². The van der Waals surface area contributed by atoms with E-state index in [1.54, 1.807) is 0 Å². The van der Waals surface area contributed by atoms with Gasteiger partial charge in [-0.3, -0.25) is 23.2 Å². The van der Waals surface area contributed by atoms with Gasteiger partial charge in [-0.2, -0.15) is 0 Å². The van der Waals surface area contributed by atoms with Crippen molar-refractivity contribution in [1.29, 1.82) is 0 Å². The van der Waals surface area contributed by atoms with Crippen molar-refractivity contribution in [3.63, 3.8) is 0 Å². The van der Waals surface area contributed by atoms with E-state index >= 15 is 0 Å². The Morgan fingerprint density at radius 3 is 1.52 bits per heavy atom. The number of carbonyl (C=O) groups excluding carboxylic acids is 2. The number of unbranched alkanes of at least 4 members (excludes halogenated alkanes) is 19. The summed E-state index contributed by atoms with van der Waals surface area (Å²) in [6, 6.07) is 0. The van der Waals surface area contributed by atoms with E-state index in [-0.39, 0.29) is 12.8 Å². The standard InChI is InChI=1S/C49H90O18P2/c1-3-5-7-9-11-12-13-14-15-16-17-18-19-20-21-22-23-27-31-35-42(52)63-37-39(38-64-69(61,62)67-49-46(56)44(54)45(55)48(47(49)57)66-68(58,59)60)65-43(53)36-32-28-24-26-30-34-41(51)40(50)33-29-25-10-8-6-4-2/h11-12,14-15,25,29,39-41,44-51,54-57H,3-10,13,16-24,26-28,30-38H2,1-2H3,(H,61,62)(H2,58,59,60)/b12-11-,15-14-,29-25-/t39-,40+,41+,44?,45?,46?,47?,48-,49+/m1/s1. The van der Waals surface area contributed by atoms with Crippen LogP contribution in [0.25, 0.3) is 0 Å². The Balaban J connectivity index is 2.59. The third kappa shape index (κ3) is 33.5. The van der Waals surface area contributed by atoms with Gasteiger partial charge in [0.25, 0.3) is 0 Å². The molecule has 0 radical (unpaired) electrons. The summed E-state index contributed by atoms with van der Waals surface area (Å²) in [5.74, 6) is -1.32. The van der Waals surface area contributed by atoms with Crippen molar-refractivity contribution in [2.24, 2.45) is 0 Å². The van der Waals surface area contributed by atoms with Crippen LogP contribution in [0.3, 0.4) is 0 Å². The zero-order chi connectivity index (χ0) is 51.3. The molecule has 1 aliphatic rings. The molecular formula is C49H90O18P2. The summed E-state index contributed by atoms with van der Waals surface area (Å²) < 4.78 is 49.4. The minimum Gasteiger partial charge on any atom is -0.462 e. The highest BCUT2D eigenvalue weighted by Crippen LogP contribution is 2.49. The van der Waals surface area contributed by atoms with Gasteiger partial charge < -0.3 is 54.8 Å². The first-order valence-corrected chi connectivity index (χ1v) is 28.7. The van der Waals surface area contributed by atoms with Gasteiger partial charge in [-0.15, -0.1) is 0 Å². The Kier molecular flexibility index (Phi) is 37.4. The van der Waals surface area contributed by atoms with Crippen LogP contribution in [0.4, 0.5) is 0 Å². The van der Waals surface area contributed by atoms with E-state index in [1.165, 1.54) is 38.5 Å². The molecule has 20 heteroatoms. The van der Waals surface area contributed by atoms with Gasteiger partial charge in [-0.1, -0.05) is 147 Å². The van der Waals surface area contributed by atoms with Crippen LogP contribution < -0.4 is 0 Å². The van der Waals surface area contributed by atoms with Crippen LogP contribution in [0.1, 0.15) is 194 Å². The topological polar surface area (TPSA) is 296 Å². The van der Waals surface area contributed by atoms with Gasteiger partial charge in [-0.05, 0) is 70.6 Å². The van der Waals surface area contributed by atoms with Crippen LogP contribution in [-0.2, 0) is 41.8 Å². The Morgan fingerprint density at radius 1 is 0.522 bits per heavy atom. The molecule has 9 N–H and O–H groups in total. The average molecular weight is 1030 g/mol. The molecule has 1 fully saturated rings. The van der Waals surface area contributed by atoms with Crippen molar-refractivity contribution in [1.82, 2.24) is 0 Å². The molecule has 1 aliphatic carbocycles. The van der Waals surface area contributed by atoms with Crippen molar-refractivity contribution in [3.8, 4) is 0 Å². The third-order valence-corrected chi connectivity index (χ3v) is 13.4. The Hall–Kier alpha value is -1.86. The summed E-state index contributed by atoms with van der Waals surface area (Å²) in [5.41, 5.74) is 0. The van der Waals surface area contributed by atoms with Crippen LogP contribution in [-0.4, -0.2) is 125 Å². The Morgan fingerprint density at radius 2 is 0.986 bits per heavy atom. The number of esters is 2. The molecule has 0 bridgehead atoms. The molecule has 404 valence electrons. The molecule has 0 spiro atoms. The quantitative estimate of drug-likeness (QED) is 0.0120. The molecule has 0 amide bonds. The minimum atomic E-state index is -5.39.